The number of para-hydroxylation sites is 1. The van der Waals surface area contributed by atoms with Crippen LogP contribution < -0.4 is 10.2 Å². The Morgan fingerprint density at radius 1 is 1.24 bits per heavy atom. The lowest BCUT2D eigenvalue weighted by Gasteiger charge is -2.25. The Bertz CT molecular complexity index is 320. The topological polar surface area (TPSA) is 15.3 Å². The highest BCUT2D eigenvalue weighted by Gasteiger charge is 2.05. The standard InChI is InChI=1S/C15H26N2/c1-5-17(12-8-11-16-13(2)3)15-10-7-6-9-14(15)4/h6-7,9-10,13,16H,5,8,11-12H2,1-4H3. The fourth-order valence-corrected chi connectivity index (χ4v) is 2.03. The van der Waals surface area contributed by atoms with Gasteiger partial charge in [-0.25, -0.2) is 0 Å². The molecule has 0 saturated carbocycles. The highest BCUT2D eigenvalue weighted by atomic mass is 15.1. The van der Waals surface area contributed by atoms with Crippen LogP contribution in [0.15, 0.2) is 24.3 Å². The summed E-state index contributed by atoms with van der Waals surface area (Å²) in [6, 6.07) is 9.22. The van der Waals surface area contributed by atoms with Crippen LogP contribution in [0.25, 0.3) is 0 Å². The molecule has 1 aromatic rings. The number of anilines is 1. The zero-order valence-electron chi connectivity index (χ0n) is 11.7. The molecule has 2 heteroatoms. The maximum absolute atomic E-state index is 3.46. The van der Waals surface area contributed by atoms with Crippen LogP contribution in [0.3, 0.4) is 0 Å². The third-order valence-electron chi connectivity index (χ3n) is 3.00. The van der Waals surface area contributed by atoms with Gasteiger partial charge in [-0.2, -0.15) is 0 Å². The van der Waals surface area contributed by atoms with Crippen LogP contribution in [-0.4, -0.2) is 25.7 Å². The van der Waals surface area contributed by atoms with Crippen LogP contribution in [-0.2, 0) is 0 Å². The van der Waals surface area contributed by atoms with Gasteiger partial charge in [0.05, 0.1) is 0 Å². The monoisotopic (exact) mass is 234 g/mol. The van der Waals surface area contributed by atoms with E-state index in [4.69, 9.17) is 0 Å². The minimum absolute atomic E-state index is 0.587. The van der Waals surface area contributed by atoms with Crippen molar-refractivity contribution >= 4 is 5.69 Å². The molecule has 1 aromatic carbocycles. The molecule has 2 nitrogen and oxygen atoms in total. The van der Waals surface area contributed by atoms with E-state index >= 15 is 0 Å². The Hall–Kier alpha value is -1.02. The zero-order valence-corrected chi connectivity index (χ0v) is 11.7. The number of rotatable bonds is 7. The smallest absolute Gasteiger partial charge is 0.0395 e. The van der Waals surface area contributed by atoms with E-state index in [2.05, 4.69) is 62.2 Å². The van der Waals surface area contributed by atoms with E-state index in [-0.39, 0.29) is 0 Å². The summed E-state index contributed by atoms with van der Waals surface area (Å²) in [5.74, 6) is 0. The molecule has 1 rings (SSSR count). The average molecular weight is 234 g/mol. The lowest BCUT2D eigenvalue weighted by molar-refractivity contribution is 0.566. The zero-order chi connectivity index (χ0) is 12.7. The molecule has 96 valence electrons. The number of hydrogen-bond acceptors (Lipinski definition) is 2. The van der Waals surface area contributed by atoms with E-state index in [1.165, 1.54) is 17.7 Å². The van der Waals surface area contributed by atoms with Crippen LogP contribution in [0.2, 0.25) is 0 Å². The molecule has 0 aromatic heterocycles. The summed E-state index contributed by atoms with van der Waals surface area (Å²) in [5, 5.41) is 3.46. The average Bonchev–Trinajstić information content (AvgIpc) is 2.30. The van der Waals surface area contributed by atoms with Gasteiger partial charge in [0, 0.05) is 24.8 Å². The van der Waals surface area contributed by atoms with Crippen LogP contribution >= 0.6 is 0 Å². The van der Waals surface area contributed by atoms with Crippen molar-refractivity contribution < 1.29 is 0 Å². The predicted octanol–water partition coefficient (Wildman–Crippen LogP) is 3.21. The summed E-state index contributed by atoms with van der Waals surface area (Å²) in [5.41, 5.74) is 2.74. The predicted molar refractivity (Wildman–Crippen MR) is 76.8 cm³/mol. The van der Waals surface area contributed by atoms with E-state index in [1.807, 2.05) is 0 Å². The Morgan fingerprint density at radius 2 is 1.94 bits per heavy atom. The molecule has 0 spiro atoms. The van der Waals surface area contributed by atoms with Crippen LogP contribution in [0.5, 0.6) is 0 Å². The van der Waals surface area contributed by atoms with Crippen molar-refractivity contribution in [1.82, 2.24) is 5.32 Å². The molecule has 0 saturated heterocycles. The van der Waals surface area contributed by atoms with E-state index in [0.29, 0.717) is 6.04 Å². The normalized spacial score (nSPS) is 10.9. The maximum Gasteiger partial charge on any atom is 0.0395 e. The van der Waals surface area contributed by atoms with E-state index < -0.39 is 0 Å². The molecule has 1 N–H and O–H groups in total. The van der Waals surface area contributed by atoms with Crippen molar-refractivity contribution in [3.63, 3.8) is 0 Å². The van der Waals surface area contributed by atoms with Gasteiger partial charge < -0.3 is 10.2 Å². The molecule has 0 fully saturated rings. The fraction of sp³-hybridized carbons (Fsp3) is 0.600. The molecule has 0 aliphatic rings. The molecule has 0 radical (unpaired) electrons. The first kappa shape index (κ1) is 14.0. The van der Waals surface area contributed by atoms with E-state index in [0.717, 1.165) is 19.6 Å². The maximum atomic E-state index is 3.46. The second-order valence-electron chi connectivity index (χ2n) is 4.83. The molecule has 0 amide bonds. The van der Waals surface area contributed by atoms with Gasteiger partial charge in [-0.1, -0.05) is 32.0 Å². The Kier molecular flexibility index (Phi) is 6.06. The first-order valence-corrected chi connectivity index (χ1v) is 6.69. The van der Waals surface area contributed by atoms with Gasteiger partial charge in [0.15, 0.2) is 0 Å². The minimum atomic E-state index is 0.587. The quantitative estimate of drug-likeness (QED) is 0.729. The van der Waals surface area contributed by atoms with E-state index in [9.17, 15) is 0 Å². The largest absolute Gasteiger partial charge is 0.372 e. The van der Waals surface area contributed by atoms with Crippen molar-refractivity contribution in [3.8, 4) is 0 Å². The SMILES string of the molecule is CCN(CCCNC(C)C)c1ccccc1C. The molecule has 0 atom stereocenters. The summed E-state index contributed by atoms with van der Waals surface area (Å²) in [7, 11) is 0. The number of nitrogens with one attached hydrogen (secondary N) is 1. The van der Waals surface area contributed by atoms with Crippen molar-refractivity contribution in [2.45, 2.75) is 40.2 Å². The molecule has 0 unspecified atom stereocenters. The Labute approximate surface area is 106 Å². The van der Waals surface area contributed by atoms with Crippen molar-refractivity contribution in [3.05, 3.63) is 29.8 Å². The number of benzene rings is 1. The highest BCUT2D eigenvalue weighted by Crippen LogP contribution is 2.18. The molecule has 0 aliphatic carbocycles. The summed E-state index contributed by atoms with van der Waals surface area (Å²) in [4.78, 5) is 2.46. The van der Waals surface area contributed by atoms with Crippen molar-refractivity contribution in [1.29, 1.82) is 0 Å². The summed E-state index contributed by atoms with van der Waals surface area (Å²) < 4.78 is 0. The van der Waals surface area contributed by atoms with Crippen LogP contribution in [0.4, 0.5) is 5.69 Å². The Balaban J connectivity index is 2.46. The summed E-state index contributed by atoms with van der Waals surface area (Å²) >= 11 is 0. The Morgan fingerprint density at radius 3 is 2.53 bits per heavy atom. The second-order valence-corrected chi connectivity index (χ2v) is 4.83. The third-order valence-corrected chi connectivity index (χ3v) is 3.00. The van der Waals surface area contributed by atoms with E-state index in [1.54, 1.807) is 0 Å². The van der Waals surface area contributed by atoms with Gasteiger partial charge in [0.25, 0.3) is 0 Å². The van der Waals surface area contributed by atoms with Crippen molar-refractivity contribution in [2.24, 2.45) is 0 Å². The summed E-state index contributed by atoms with van der Waals surface area (Å²) in [6.45, 7) is 12.1. The van der Waals surface area contributed by atoms with Crippen LogP contribution in [0, 0.1) is 6.92 Å². The number of hydrogen-bond donors (Lipinski definition) is 1. The molecular formula is C15H26N2. The second kappa shape index (κ2) is 7.33. The molecule has 17 heavy (non-hydrogen) atoms. The third kappa shape index (κ3) is 4.78. The lowest BCUT2D eigenvalue weighted by atomic mass is 10.1. The van der Waals surface area contributed by atoms with Gasteiger partial charge in [-0.3, -0.25) is 0 Å². The van der Waals surface area contributed by atoms with Gasteiger partial charge in [-0.05, 0) is 38.4 Å². The lowest BCUT2D eigenvalue weighted by Crippen LogP contribution is -2.30. The van der Waals surface area contributed by atoms with Crippen LogP contribution in [0.1, 0.15) is 32.8 Å². The van der Waals surface area contributed by atoms with Gasteiger partial charge in [0.1, 0.15) is 0 Å². The number of aryl methyl sites for hydroxylation is 1. The van der Waals surface area contributed by atoms with Gasteiger partial charge >= 0.3 is 0 Å². The molecule has 0 bridgehead atoms. The summed E-state index contributed by atoms with van der Waals surface area (Å²) in [6.07, 6.45) is 1.19. The molecule has 0 heterocycles. The minimum Gasteiger partial charge on any atom is -0.372 e. The highest BCUT2D eigenvalue weighted by molar-refractivity contribution is 5.52. The van der Waals surface area contributed by atoms with Gasteiger partial charge in [0.2, 0.25) is 0 Å². The fourth-order valence-electron chi connectivity index (χ4n) is 2.03. The molecular weight excluding hydrogens is 208 g/mol. The first-order valence-electron chi connectivity index (χ1n) is 6.69. The number of nitrogens with zero attached hydrogens (tertiary/aromatic N) is 1. The van der Waals surface area contributed by atoms with Crippen molar-refractivity contribution in [2.75, 3.05) is 24.5 Å². The molecule has 0 aliphatic heterocycles. The van der Waals surface area contributed by atoms with Gasteiger partial charge in [-0.15, -0.1) is 0 Å². The first-order chi connectivity index (χ1) is 8.15.